The van der Waals surface area contributed by atoms with Gasteiger partial charge in [0.2, 0.25) is 5.91 Å². The summed E-state index contributed by atoms with van der Waals surface area (Å²) in [5.41, 5.74) is 0.336. The molecule has 7 N–H and O–H groups in total. The van der Waals surface area contributed by atoms with Crippen LogP contribution in [0, 0.1) is 0 Å². The third-order valence-electron chi connectivity index (χ3n) is 7.65. The third kappa shape index (κ3) is 10.3. The van der Waals surface area contributed by atoms with E-state index in [1.807, 2.05) is 0 Å². The first-order chi connectivity index (χ1) is 25.6. The average Bonchev–Trinajstić information content (AvgIpc) is 3.10. The van der Waals surface area contributed by atoms with Crippen molar-refractivity contribution >= 4 is 93.5 Å². The predicted molar refractivity (Wildman–Crippen MR) is 201 cm³/mol. The molecule has 278 valence electrons. The van der Waals surface area contributed by atoms with Crippen LogP contribution in [0.2, 0.25) is 0 Å². The summed E-state index contributed by atoms with van der Waals surface area (Å²) in [4.78, 5) is 22.8. The van der Waals surface area contributed by atoms with Crippen molar-refractivity contribution in [3.8, 4) is 11.5 Å². The molecule has 0 heterocycles. The molecule has 6 aromatic rings. The van der Waals surface area contributed by atoms with Crippen LogP contribution in [0.15, 0.2) is 133 Å². The van der Waals surface area contributed by atoms with Gasteiger partial charge in [0.15, 0.2) is 11.5 Å². The van der Waals surface area contributed by atoms with Crippen molar-refractivity contribution < 1.29 is 108 Å². The second-order valence-corrected chi connectivity index (χ2v) is 14.3. The number of nitrogens with zero attached hydrogens (tertiary/aromatic N) is 4. The molecule has 21 heteroatoms. The van der Waals surface area contributed by atoms with E-state index in [1.54, 1.807) is 30.3 Å². The van der Waals surface area contributed by atoms with Gasteiger partial charge in [-0.2, -0.15) is 27.1 Å². The van der Waals surface area contributed by atoms with E-state index < -0.39 is 58.9 Å². The summed E-state index contributed by atoms with van der Waals surface area (Å²) >= 11 is 0. The van der Waals surface area contributed by atoms with Crippen molar-refractivity contribution in [3.63, 3.8) is 0 Å². The SMILES string of the molecule is CC(=O)Nc1ccc(N=Nc2c(S(=O)(=O)O)cc3cc(NC(=O)Nc4ccc5c(O)c(N=Nc6ccccc6)c(S(=O)(=O)O)cc5c4)ccc3c2O)cc1.[H-].[H-].[Na+].[Na+]. The number of phenolic OH excluding ortho intramolecular Hbond substituents is 2. The van der Waals surface area contributed by atoms with Gasteiger partial charge >= 0.3 is 65.1 Å². The molecule has 0 bridgehead atoms. The van der Waals surface area contributed by atoms with E-state index in [4.69, 9.17) is 0 Å². The number of aromatic hydroxyl groups is 2. The third-order valence-corrected chi connectivity index (χ3v) is 9.38. The minimum atomic E-state index is -4.94. The number of urea groups is 1. The smallest absolute Gasteiger partial charge is 1.00 e. The first-order valence-electron chi connectivity index (χ1n) is 15.5. The minimum Gasteiger partial charge on any atom is -1.00 e. The van der Waals surface area contributed by atoms with Crippen LogP contribution in [0.1, 0.15) is 9.78 Å². The molecule has 6 aromatic carbocycles. The van der Waals surface area contributed by atoms with E-state index in [0.717, 1.165) is 12.1 Å². The van der Waals surface area contributed by atoms with Crippen molar-refractivity contribution in [2.75, 3.05) is 16.0 Å². The number of hydrogen-bond donors (Lipinski definition) is 7. The number of carbonyl (C=O) groups excluding carboxylic acids is 2. The van der Waals surface area contributed by atoms with Crippen molar-refractivity contribution in [2.24, 2.45) is 20.5 Å². The van der Waals surface area contributed by atoms with Gasteiger partial charge in [-0.15, -0.1) is 10.2 Å². The molecule has 0 saturated carbocycles. The predicted octanol–water partition coefficient (Wildman–Crippen LogP) is 2.56. The summed E-state index contributed by atoms with van der Waals surface area (Å²) in [5.74, 6) is -1.49. The Kier molecular flexibility index (Phi) is 14.1. The first-order valence-corrected chi connectivity index (χ1v) is 18.3. The molecular formula is C35H29N7Na2O10S2. The van der Waals surface area contributed by atoms with Gasteiger partial charge in [0.25, 0.3) is 20.2 Å². The van der Waals surface area contributed by atoms with Crippen molar-refractivity contribution in [2.45, 2.75) is 16.7 Å². The van der Waals surface area contributed by atoms with Gasteiger partial charge in [-0.05, 0) is 95.7 Å². The molecule has 0 unspecified atom stereocenters. The Labute approximate surface area is 366 Å². The monoisotopic (exact) mass is 817 g/mol. The number of phenols is 2. The average molecular weight is 818 g/mol. The molecule has 0 atom stereocenters. The number of anilines is 3. The number of rotatable bonds is 9. The number of amides is 3. The molecule has 0 saturated heterocycles. The molecule has 0 aliphatic rings. The Morgan fingerprint density at radius 1 is 0.554 bits per heavy atom. The zero-order valence-electron chi connectivity index (χ0n) is 31.7. The molecule has 0 spiro atoms. The number of nitrogens with one attached hydrogen (secondary N) is 3. The van der Waals surface area contributed by atoms with Gasteiger partial charge < -0.3 is 29.0 Å². The van der Waals surface area contributed by atoms with E-state index in [0.29, 0.717) is 11.4 Å². The zero-order chi connectivity index (χ0) is 38.8. The van der Waals surface area contributed by atoms with Gasteiger partial charge in [-0.3, -0.25) is 13.9 Å². The molecule has 0 radical (unpaired) electrons. The molecule has 0 aromatic heterocycles. The van der Waals surface area contributed by atoms with Crippen LogP contribution in [-0.4, -0.2) is 48.1 Å². The number of benzene rings is 6. The molecule has 56 heavy (non-hydrogen) atoms. The normalized spacial score (nSPS) is 11.6. The van der Waals surface area contributed by atoms with Crippen LogP contribution in [0.5, 0.6) is 11.5 Å². The summed E-state index contributed by atoms with van der Waals surface area (Å²) in [5, 5.41) is 45.7. The topological polar surface area (TPSA) is 269 Å². The van der Waals surface area contributed by atoms with Gasteiger partial charge in [0, 0.05) is 34.8 Å². The molecule has 0 aliphatic heterocycles. The van der Waals surface area contributed by atoms with Crippen LogP contribution in [-0.2, 0) is 25.0 Å². The minimum absolute atomic E-state index is 0. The Hall–Kier alpha value is -4.80. The van der Waals surface area contributed by atoms with Gasteiger partial charge in [0.05, 0.1) is 11.4 Å². The van der Waals surface area contributed by atoms with E-state index in [-0.39, 0.29) is 106 Å². The van der Waals surface area contributed by atoms with Crippen LogP contribution >= 0.6 is 0 Å². The van der Waals surface area contributed by atoms with Crippen molar-refractivity contribution in [1.29, 1.82) is 0 Å². The van der Waals surface area contributed by atoms with Crippen LogP contribution in [0.4, 0.5) is 44.6 Å². The van der Waals surface area contributed by atoms with E-state index in [1.165, 1.54) is 67.6 Å². The van der Waals surface area contributed by atoms with E-state index in [9.17, 15) is 45.7 Å². The van der Waals surface area contributed by atoms with Gasteiger partial charge in [-0.25, -0.2) is 4.79 Å². The van der Waals surface area contributed by atoms with E-state index in [2.05, 4.69) is 36.4 Å². The Morgan fingerprint density at radius 2 is 0.964 bits per heavy atom. The maximum atomic E-state index is 13.0. The van der Waals surface area contributed by atoms with Crippen LogP contribution in [0.25, 0.3) is 21.5 Å². The van der Waals surface area contributed by atoms with Gasteiger partial charge in [-0.1, -0.05) is 18.2 Å². The van der Waals surface area contributed by atoms with Crippen LogP contribution in [0.3, 0.4) is 0 Å². The van der Waals surface area contributed by atoms with Crippen molar-refractivity contribution in [3.05, 3.63) is 103 Å². The summed E-state index contributed by atoms with van der Waals surface area (Å²) in [6, 6.07) is 23.9. The van der Waals surface area contributed by atoms with Crippen LogP contribution < -0.4 is 75.1 Å². The number of hydrogen-bond acceptors (Lipinski definition) is 12. The zero-order valence-corrected chi connectivity index (χ0v) is 35.3. The molecular weight excluding hydrogens is 789 g/mol. The molecule has 3 amide bonds. The standard InChI is InChI=1S/C35H27N7O10S2.2Na.2H/c1-19(43)36-22-7-9-24(10-8-22)40-42-32-30(54(50,51)52)18-21-16-26(12-14-28(21)34(32)45)38-35(46)37-25-11-13-27-20(15-25)17-29(53(47,48)49)31(33(27)44)41-39-23-5-3-2-4-6-23;;;;/h2-18,44-45H,1H3,(H,36,43)(H2,37,38,46)(H,47,48,49)(H,50,51,52);;;;/q;2*+1;2*-1. The summed E-state index contributed by atoms with van der Waals surface area (Å²) in [7, 11) is -9.84. The fourth-order valence-electron chi connectivity index (χ4n) is 5.26. The molecule has 17 nitrogen and oxygen atoms in total. The summed E-state index contributed by atoms with van der Waals surface area (Å²) in [6.07, 6.45) is 0. The number of azo groups is 2. The number of carbonyl (C=O) groups is 2. The Bertz CT molecular complexity index is 2790. The molecule has 0 fully saturated rings. The van der Waals surface area contributed by atoms with Gasteiger partial charge in [0.1, 0.15) is 21.2 Å². The second kappa shape index (κ2) is 18.0. The van der Waals surface area contributed by atoms with Crippen molar-refractivity contribution in [1.82, 2.24) is 0 Å². The Balaban J connectivity index is 0.00000290. The molecule has 0 aliphatic carbocycles. The number of fused-ring (bicyclic) bond motifs is 2. The second-order valence-electron chi connectivity index (χ2n) is 11.5. The first kappa shape index (κ1) is 43.9. The summed E-state index contributed by atoms with van der Waals surface area (Å²) in [6.45, 7) is 1.34. The van der Waals surface area contributed by atoms with E-state index >= 15 is 0 Å². The largest absolute Gasteiger partial charge is 1.00 e. The quantitative estimate of drug-likeness (QED) is 0.0637. The fraction of sp³-hybridized carbons (Fsp3) is 0.0286. The maximum absolute atomic E-state index is 13.0. The Morgan fingerprint density at radius 3 is 1.38 bits per heavy atom. The maximum Gasteiger partial charge on any atom is 1.00 e. The summed E-state index contributed by atoms with van der Waals surface area (Å²) < 4.78 is 69.0. The molecule has 6 rings (SSSR count). The fourth-order valence-corrected chi connectivity index (χ4v) is 6.58.